The zero-order chi connectivity index (χ0) is 8.91. The second kappa shape index (κ2) is 4.57. The Bertz CT molecular complexity index is 122. The van der Waals surface area contributed by atoms with E-state index in [1.807, 2.05) is 20.8 Å². The van der Waals surface area contributed by atoms with Crippen LogP contribution in [0.3, 0.4) is 0 Å². The zero-order valence-corrected chi connectivity index (χ0v) is 7.89. The third kappa shape index (κ3) is 6.13. The summed E-state index contributed by atoms with van der Waals surface area (Å²) in [6, 6.07) is 0. The highest BCUT2D eigenvalue weighted by molar-refractivity contribution is 6.18. The summed E-state index contributed by atoms with van der Waals surface area (Å²) in [6.45, 7) is 6.04. The maximum Gasteiger partial charge on any atom is 0.233 e. The minimum atomic E-state index is -0.340. The smallest absolute Gasteiger partial charge is 0.233 e. The summed E-state index contributed by atoms with van der Waals surface area (Å²) in [4.78, 5) is 15.5. The van der Waals surface area contributed by atoms with Crippen molar-refractivity contribution in [2.45, 2.75) is 26.4 Å². The van der Waals surface area contributed by atoms with Gasteiger partial charge in [-0.2, -0.15) is 0 Å². The summed E-state index contributed by atoms with van der Waals surface area (Å²) in [6.07, 6.45) is 0.633. The molecule has 0 aromatic rings. The van der Waals surface area contributed by atoms with E-state index in [0.717, 1.165) is 0 Å². The first-order valence-electron chi connectivity index (χ1n) is 3.46. The van der Waals surface area contributed by atoms with Crippen molar-refractivity contribution >= 4 is 18.0 Å². The van der Waals surface area contributed by atoms with Crippen LogP contribution in [0, 0.1) is 0 Å². The van der Waals surface area contributed by atoms with Crippen LogP contribution in [0.2, 0.25) is 0 Å². The van der Waals surface area contributed by atoms with Crippen molar-refractivity contribution in [3.05, 3.63) is 0 Å². The SMILES string of the molecule is CC(C)(C)ON(C=O)CCCl. The molecular formula is C7H14ClNO2. The van der Waals surface area contributed by atoms with E-state index in [1.54, 1.807) is 0 Å². The van der Waals surface area contributed by atoms with Gasteiger partial charge < -0.3 is 0 Å². The molecule has 3 nitrogen and oxygen atoms in total. The van der Waals surface area contributed by atoms with Gasteiger partial charge in [0.25, 0.3) is 0 Å². The topological polar surface area (TPSA) is 29.5 Å². The number of hydroxylamine groups is 2. The maximum absolute atomic E-state index is 10.3. The largest absolute Gasteiger partial charge is 0.276 e. The first kappa shape index (κ1) is 10.7. The van der Waals surface area contributed by atoms with Gasteiger partial charge in [0.2, 0.25) is 6.41 Å². The lowest BCUT2D eigenvalue weighted by atomic mass is 10.2. The number of hydrogen-bond acceptors (Lipinski definition) is 2. The standard InChI is InChI=1S/C7H14ClNO2/c1-7(2,3)11-9(6-10)5-4-8/h6H,4-5H2,1-3H3. The zero-order valence-electron chi connectivity index (χ0n) is 7.13. The Morgan fingerprint density at radius 3 is 2.36 bits per heavy atom. The van der Waals surface area contributed by atoms with Crippen molar-refractivity contribution in [3.63, 3.8) is 0 Å². The number of halogens is 1. The highest BCUT2D eigenvalue weighted by Crippen LogP contribution is 2.08. The Kier molecular flexibility index (Phi) is 4.45. The summed E-state index contributed by atoms with van der Waals surface area (Å²) in [7, 11) is 0. The number of carbonyl (C=O) groups excluding carboxylic acids is 1. The Morgan fingerprint density at radius 2 is 2.09 bits per heavy atom. The molecule has 4 heteroatoms. The van der Waals surface area contributed by atoms with Gasteiger partial charge in [-0.3, -0.25) is 9.63 Å². The highest BCUT2D eigenvalue weighted by Gasteiger charge is 2.14. The lowest BCUT2D eigenvalue weighted by Crippen LogP contribution is -2.34. The Hall–Kier alpha value is -0.280. The molecule has 0 fully saturated rings. The predicted molar refractivity (Wildman–Crippen MR) is 44.3 cm³/mol. The molecule has 0 aliphatic carbocycles. The average Bonchev–Trinajstić information content (AvgIpc) is 1.84. The van der Waals surface area contributed by atoms with E-state index < -0.39 is 0 Å². The minimum absolute atomic E-state index is 0.340. The first-order valence-corrected chi connectivity index (χ1v) is 4.00. The second-order valence-corrected chi connectivity index (χ2v) is 3.52. The van der Waals surface area contributed by atoms with Gasteiger partial charge in [-0.15, -0.1) is 11.6 Å². The summed E-state index contributed by atoms with van der Waals surface area (Å²) in [5, 5.41) is 1.20. The van der Waals surface area contributed by atoms with Gasteiger partial charge in [0, 0.05) is 5.88 Å². The molecule has 0 atom stereocenters. The molecule has 0 heterocycles. The van der Waals surface area contributed by atoms with Crippen LogP contribution >= 0.6 is 11.6 Å². The van der Waals surface area contributed by atoms with Gasteiger partial charge in [0.05, 0.1) is 12.1 Å². The number of alkyl halides is 1. The van der Waals surface area contributed by atoms with Gasteiger partial charge >= 0.3 is 0 Å². The van der Waals surface area contributed by atoms with E-state index in [1.165, 1.54) is 5.06 Å². The van der Waals surface area contributed by atoms with Crippen LogP contribution in [0.5, 0.6) is 0 Å². The van der Waals surface area contributed by atoms with Crippen LogP contribution in [0.25, 0.3) is 0 Å². The molecule has 0 aliphatic heterocycles. The average molecular weight is 180 g/mol. The molecule has 0 unspecified atom stereocenters. The molecule has 0 bridgehead atoms. The monoisotopic (exact) mass is 179 g/mol. The van der Waals surface area contributed by atoms with Crippen LogP contribution in [0.15, 0.2) is 0 Å². The Balaban J connectivity index is 3.77. The van der Waals surface area contributed by atoms with Gasteiger partial charge in [-0.05, 0) is 20.8 Å². The highest BCUT2D eigenvalue weighted by atomic mass is 35.5. The van der Waals surface area contributed by atoms with Crippen LogP contribution in [-0.4, -0.2) is 29.5 Å². The van der Waals surface area contributed by atoms with Crippen LogP contribution in [0.1, 0.15) is 20.8 Å². The molecule has 11 heavy (non-hydrogen) atoms. The summed E-state index contributed by atoms with van der Waals surface area (Å²) in [5.74, 6) is 0.384. The van der Waals surface area contributed by atoms with Gasteiger partial charge in [0.1, 0.15) is 0 Å². The number of rotatable bonds is 4. The van der Waals surface area contributed by atoms with E-state index >= 15 is 0 Å². The molecule has 0 radical (unpaired) electrons. The lowest BCUT2D eigenvalue weighted by molar-refractivity contribution is -0.213. The fourth-order valence-electron chi connectivity index (χ4n) is 0.555. The van der Waals surface area contributed by atoms with Gasteiger partial charge in [-0.25, -0.2) is 5.06 Å². The number of amides is 1. The normalized spacial score (nSPS) is 11.3. The Labute approximate surface area is 72.2 Å². The third-order valence-electron chi connectivity index (χ3n) is 0.814. The van der Waals surface area contributed by atoms with Crippen molar-refractivity contribution in [2.75, 3.05) is 12.4 Å². The van der Waals surface area contributed by atoms with Crippen LogP contribution in [0.4, 0.5) is 0 Å². The molecule has 0 saturated heterocycles. The van der Waals surface area contributed by atoms with Crippen LogP contribution in [-0.2, 0) is 9.63 Å². The minimum Gasteiger partial charge on any atom is -0.276 e. The predicted octanol–water partition coefficient (Wildman–Crippen LogP) is 1.41. The number of nitrogens with zero attached hydrogens (tertiary/aromatic N) is 1. The molecule has 0 aromatic heterocycles. The molecule has 0 aromatic carbocycles. The molecule has 1 amide bonds. The van der Waals surface area contributed by atoms with Crippen molar-refractivity contribution in [3.8, 4) is 0 Å². The first-order chi connectivity index (χ1) is 4.99. The maximum atomic E-state index is 10.3. The summed E-state index contributed by atoms with van der Waals surface area (Å²) < 4.78 is 0. The van der Waals surface area contributed by atoms with E-state index in [0.29, 0.717) is 18.8 Å². The van der Waals surface area contributed by atoms with Gasteiger partial charge in [-0.1, -0.05) is 0 Å². The van der Waals surface area contributed by atoms with E-state index in [4.69, 9.17) is 16.4 Å². The molecule has 0 spiro atoms. The molecule has 0 N–H and O–H groups in total. The fraction of sp³-hybridized carbons (Fsp3) is 0.857. The van der Waals surface area contributed by atoms with E-state index in [-0.39, 0.29) is 5.60 Å². The molecule has 0 rings (SSSR count). The number of carbonyl (C=O) groups is 1. The second-order valence-electron chi connectivity index (χ2n) is 3.14. The summed E-state index contributed by atoms with van der Waals surface area (Å²) in [5.41, 5.74) is -0.340. The fourth-order valence-corrected chi connectivity index (χ4v) is 0.722. The summed E-state index contributed by atoms with van der Waals surface area (Å²) >= 11 is 5.42. The van der Waals surface area contributed by atoms with Crippen LogP contribution < -0.4 is 0 Å². The molecule has 0 aliphatic rings. The van der Waals surface area contributed by atoms with Gasteiger partial charge in [0.15, 0.2) is 0 Å². The third-order valence-corrected chi connectivity index (χ3v) is 0.983. The quantitative estimate of drug-likeness (QED) is 0.371. The van der Waals surface area contributed by atoms with Crippen molar-refractivity contribution in [1.29, 1.82) is 0 Å². The molecular weight excluding hydrogens is 166 g/mol. The van der Waals surface area contributed by atoms with E-state index in [2.05, 4.69) is 0 Å². The Morgan fingerprint density at radius 1 is 1.55 bits per heavy atom. The van der Waals surface area contributed by atoms with Crippen molar-refractivity contribution < 1.29 is 9.63 Å². The van der Waals surface area contributed by atoms with E-state index in [9.17, 15) is 4.79 Å². The molecule has 66 valence electrons. The lowest BCUT2D eigenvalue weighted by Gasteiger charge is -2.25. The molecule has 0 saturated carbocycles. The number of hydrogen-bond donors (Lipinski definition) is 0. The van der Waals surface area contributed by atoms with Crippen molar-refractivity contribution in [2.24, 2.45) is 0 Å². The van der Waals surface area contributed by atoms with Crippen molar-refractivity contribution in [1.82, 2.24) is 5.06 Å².